The summed E-state index contributed by atoms with van der Waals surface area (Å²) in [6.45, 7) is 6.49. The molecule has 1 aromatic rings. The molecule has 0 radical (unpaired) electrons. The van der Waals surface area contributed by atoms with Gasteiger partial charge in [-0.2, -0.15) is 0 Å². The van der Waals surface area contributed by atoms with Crippen molar-refractivity contribution < 1.29 is 12.8 Å². The van der Waals surface area contributed by atoms with E-state index in [1.165, 1.54) is 12.8 Å². The van der Waals surface area contributed by atoms with Crippen molar-refractivity contribution in [2.75, 3.05) is 31.1 Å². The molecule has 1 aromatic heterocycles. The van der Waals surface area contributed by atoms with Gasteiger partial charge in [-0.3, -0.25) is 4.90 Å². The third-order valence-corrected chi connectivity index (χ3v) is 5.94. The lowest BCUT2D eigenvalue weighted by Gasteiger charge is -2.27. The maximum atomic E-state index is 11.7. The lowest BCUT2D eigenvalue weighted by Crippen LogP contribution is -2.40. The Morgan fingerprint density at radius 3 is 2.67 bits per heavy atom. The Morgan fingerprint density at radius 1 is 1.38 bits per heavy atom. The van der Waals surface area contributed by atoms with E-state index < -0.39 is 9.84 Å². The zero-order valence-corrected chi connectivity index (χ0v) is 13.7. The van der Waals surface area contributed by atoms with Crippen LogP contribution < -0.4 is 5.32 Å². The highest BCUT2D eigenvalue weighted by Crippen LogP contribution is 2.24. The van der Waals surface area contributed by atoms with E-state index in [0.717, 1.165) is 18.8 Å². The smallest absolute Gasteiger partial charge is 0.151 e. The third-order valence-electron chi connectivity index (χ3n) is 4.06. The van der Waals surface area contributed by atoms with Crippen molar-refractivity contribution in [3.05, 3.63) is 24.2 Å². The molecule has 2 atom stereocenters. The van der Waals surface area contributed by atoms with Crippen LogP contribution in [0.2, 0.25) is 0 Å². The number of hydrogen-bond donors (Lipinski definition) is 1. The lowest BCUT2D eigenvalue weighted by atomic mass is 10.2. The van der Waals surface area contributed by atoms with Gasteiger partial charge in [0.25, 0.3) is 0 Å². The first kappa shape index (κ1) is 16.5. The van der Waals surface area contributed by atoms with Crippen molar-refractivity contribution in [3.8, 4) is 0 Å². The van der Waals surface area contributed by atoms with Crippen molar-refractivity contribution in [3.63, 3.8) is 0 Å². The van der Waals surface area contributed by atoms with Gasteiger partial charge in [-0.05, 0) is 45.0 Å². The first-order valence-electron chi connectivity index (χ1n) is 7.73. The van der Waals surface area contributed by atoms with Crippen LogP contribution in [0.1, 0.15) is 38.5 Å². The Bertz CT molecular complexity index is 507. The summed E-state index contributed by atoms with van der Waals surface area (Å²) >= 11 is 0. The molecule has 0 bridgehead atoms. The van der Waals surface area contributed by atoms with E-state index in [9.17, 15) is 8.42 Å². The standard InChI is InChI=1S/C15H26N2O3S/c1-3-21(18,19)12-13(2)16-11-14(15-7-6-10-20-15)17-8-4-5-9-17/h6-7,10,13-14,16H,3-5,8-9,11-12H2,1-2H3. The Kier molecular flexibility index (Phi) is 5.84. The molecule has 0 saturated carbocycles. The Balaban J connectivity index is 1.93. The largest absolute Gasteiger partial charge is 0.468 e. The number of sulfone groups is 1. The number of hydrogen-bond acceptors (Lipinski definition) is 5. The summed E-state index contributed by atoms with van der Waals surface area (Å²) in [5.74, 6) is 1.34. The number of likely N-dealkylation sites (tertiary alicyclic amines) is 1. The molecule has 1 N–H and O–H groups in total. The second-order valence-electron chi connectivity index (χ2n) is 5.78. The quantitative estimate of drug-likeness (QED) is 0.793. The van der Waals surface area contributed by atoms with Gasteiger partial charge in [-0.25, -0.2) is 8.42 Å². The Labute approximate surface area is 127 Å². The van der Waals surface area contributed by atoms with E-state index in [2.05, 4.69) is 10.2 Å². The Morgan fingerprint density at radius 2 is 2.10 bits per heavy atom. The molecule has 0 aromatic carbocycles. The highest BCUT2D eigenvalue weighted by atomic mass is 32.2. The summed E-state index contributed by atoms with van der Waals surface area (Å²) < 4.78 is 28.9. The molecule has 2 unspecified atom stereocenters. The molecule has 1 fully saturated rings. The van der Waals surface area contributed by atoms with Crippen LogP contribution >= 0.6 is 0 Å². The van der Waals surface area contributed by atoms with Crippen molar-refractivity contribution in [1.82, 2.24) is 10.2 Å². The third kappa shape index (κ3) is 4.83. The van der Waals surface area contributed by atoms with Crippen LogP contribution in [0.3, 0.4) is 0 Å². The van der Waals surface area contributed by atoms with Crippen LogP contribution in [0.15, 0.2) is 22.8 Å². The summed E-state index contributed by atoms with van der Waals surface area (Å²) in [5, 5.41) is 3.36. The predicted octanol–water partition coefficient (Wildman–Crippen LogP) is 1.83. The monoisotopic (exact) mass is 314 g/mol. The predicted molar refractivity (Wildman–Crippen MR) is 84.0 cm³/mol. The average Bonchev–Trinajstić information content (AvgIpc) is 3.11. The minimum atomic E-state index is -2.94. The van der Waals surface area contributed by atoms with Gasteiger partial charge in [0.1, 0.15) is 5.76 Å². The molecule has 5 nitrogen and oxygen atoms in total. The topological polar surface area (TPSA) is 62.6 Å². The second-order valence-corrected chi connectivity index (χ2v) is 8.18. The van der Waals surface area contributed by atoms with Crippen molar-refractivity contribution in [1.29, 1.82) is 0 Å². The molecule has 1 aliphatic heterocycles. The van der Waals surface area contributed by atoms with Crippen LogP contribution in [0, 0.1) is 0 Å². The van der Waals surface area contributed by atoms with Crippen molar-refractivity contribution >= 4 is 9.84 Å². The first-order chi connectivity index (χ1) is 10.0. The van der Waals surface area contributed by atoms with Crippen LogP contribution in [-0.4, -0.2) is 50.5 Å². The number of rotatable bonds is 8. The van der Waals surface area contributed by atoms with Crippen LogP contribution in [0.5, 0.6) is 0 Å². The fraction of sp³-hybridized carbons (Fsp3) is 0.733. The van der Waals surface area contributed by atoms with Crippen molar-refractivity contribution in [2.45, 2.75) is 38.8 Å². The first-order valence-corrected chi connectivity index (χ1v) is 9.55. The molecule has 6 heteroatoms. The highest BCUT2D eigenvalue weighted by Gasteiger charge is 2.26. The van der Waals surface area contributed by atoms with Gasteiger partial charge in [0.15, 0.2) is 9.84 Å². The van der Waals surface area contributed by atoms with E-state index in [1.54, 1.807) is 13.2 Å². The highest BCUT2D eigenvalue weighted by molar-refractivity contribution is 7.91. The summed E-state index contributed by atoms with van der Waals surface area (Å²) in [7, 11) is -2.94. The fourth-order valence-corrected chi connectivity index (χ4v) is 3.93. The zero-order valence-electron chi connectivity index (χ0n) is 12.9. The maximum Gasteiger partial charge on any atom is 0.151 e. The molecule has 1 aliphatic rings. The van der Waals surface area contributed by atoms with E-state index in [4.69, 9.17) is 4.42 Å². The van der Waals surface area contributed by atoms with E-state index in [1.807, 2.05) is 19.1 Å². The van der Waals surface area contributed by atoms with Crippen LogP contribution in [0.25, 0.3) is 0 Å². The molecule has 120 valence electrons. The van der Waals surface area contributed by atoms with Gasteiger partial charge in [0, 0.05) is 18.3 Å². The van der Waals surface area contributed by atoms with Gasteiger partial charge in [-0.1, -0.05) is 6.92 Å². The zero-order chi connectivity index (χ0) is 15.3. The van der Waals surface area contributed by atoms with Gasteiger partial charge in [0.05, 0.1) is 18.1 Å². The minimum absolute atomic E-state index is 0.0463. The maximum absolute atomic E-state index is 11.7. The SMILES string of the molecule is CCS(=O)(=O)CC(C)NCC(c1ccco1)N1CCCC1. The minimum Gasteiger partial charge on any atom is -0.468 e. The van der Waals surface area contributed by atoms with Crippen molar-refractivity contribution in [2.24, 2.45) is 0 Å². The summed E-state index contributed by atoms with van der Waals surface area (Å²) in [6, 6.07) is 4.05. The number of furan rings is 1. The molecule has 2 heterocycles. The van der Waals surface area contributed by atoms with E-state index in [0.29, 0.717) is 6.54 Å². The lowest BCUT2D eigenvalue weighted by molar-refractivity contribution is 0.206. The molecular weight excluding hydrogens is 288 g/mol. The molecular formula is C15H26N2O3S. The normalized spacial score (nSPS) is 19.7. The van der Waals surface area contributed by atoms with Gasteiger partial charge < -0.3 is 9.73 Å². The fourth-order valence-electron chi connectivity index (χ4n) is 2.81. The van der Waals surface area contributed by atoms with Crippen LogP contribution in [-0.2, 0) is 9.84 Å². The van der Waals surface area contributed by atoms with Crippen LogP contribution in [0.4, 0.5) is 0 Å². The molecule has 0 spiro atoms. The summed E-state index contributed by atoms with van der Waals surface area (Å²) in [5.41, 5.74) is 0. The number of nitrogens with one attached hydrogen (secondary N) is 1. The molecule has 1 saturated heterocycles. The van der Waals surface area contributed by atoms with E-state index >= 15 is 0 Å². The van der Waals surface area contributed by atoms with Gasteiger partial charge in [0.2, 0.25) is 0 Å². The molecule has 2 rings (SSSR count). The molecule has 21 heavy (non-hydrogen) atoms. The van der Waals surface area contributed by atoms with Gasteiger partial charge in [-0.15, -0.1) is 0 Å². The van der Waals surface area contributed by atoms with Gasteiger partial charge >= 0.3 is 0 Å². The second kappa shape index (κ2) is 7.42. The summed E-state index contributed by atoms with van der Waals surface area (Å²) in [4.78, 5) is 2.41. The Hall–Kier alpha value is -0.850. The molecule has 0 aliphatic carbocycles. The van der Waals surface area contributed by atoms with E-state index in [-0.39, 0.29) is 23.6 Å². The number of nitrogens with zero attached hydrogens (tertiary/aromatic N) is 1. The average molecular weight is 314 g/mol. The summed E-state index contributed by atoms with van der Waals surface area (Å²) in [6.07, 6.45) is 4.14. The molecule has 0 amide bonds.